The summed E-state index contributed by atoms with van der Waals surface area (Å²) in [6, 6.07) is 6.06. The van der Waals surface area contributed by atoms with Crippen LogP contribution in [0.1, 0.15) is 17.5 Å². The van der Waals surface area contributed by atoms with Gasteiger partial charge in [0.15, 0.2) is 0 Å². The first-order valence-electron chi connectivity index (χ1n) is 6.73. The minimum Gasteiger partial charge on any atom is -0.496 e. The van der Waals surface area contributed by atoms with Gasteiger partial charge in [0.2, 0.25) is 5.91 Å². The number of aryl methyl sites for hydroxylation is 1. The van der Waals surface area contributed by atoms with E-state index in [1.165, 1.54) is 0 Å². The van der Waals surface area contributed by atoms with Crippen LogP contribution in [0.3, 0.4) is 0 Å². The Labute approximate surface area is 120 Å². The molecule has 0 saturated carbocycles. The molecule has 1 amide bonds. The topological polar surface area (TPSA) is 73.6 Å². The Hall–Kier alpha value is -1.59. The predicted molar refractivity (Wildman–Crippen MR) is 78.9 cm³/mol. The highest BCUT2D eigenvalue weighted by molar-refractivity contribution is 5.76. The van der Waals surface area contributed by atoms with Crippen LogP contribution in [-0.4, -0.2) is 39.3 Å². The average Bonchev–Trinajstić information content (AvgIpc) is 2.46. The molecule has 20 heavy (non-hydrogen) atoms. The maximum Gasteiger partial charge on any atom is 0.222 e. The molecule has 0 saturated heterocycles. The number of ether oxygens (including phenoxy) is 2. The van der Waals surface area contributed by atoms with Crippen molar-refractivity contribution in [2.45, 2.75) is 25.9 Å². The summed E-state index contributed by atoms with van der Waals surface area (Å²) < 4.78 is 10.4. The van der Waals surface area contributed by atoms with E-state index in [4.69, 9.17) is 15.2 Å². The summed E-state index contributed by atoms with van der Waals surface area (Å²) in [6.07, 6.45) is 0.849. The quantitative estimate of drug-likeness (QED) is 0.746. The Balaban J connectivity index is 2.39. The van der Waals surface area contributed by atoms with Gasteiger partial charge in [0.25, 0.3) is 0 Å². The number of nitrogens with one attached hydrogen (secondary N) is 1. The number of amides is 1. The maximum absolute atomic E-state index is 11.7. The lowest BCUT2D eigenvalue weighted by Crippen LogP contribution is -2.33. The maximum atomic E-state index is 11.7. The molecule has 1 aromatic carbocycles. The van der Waals surface area contributed by atoms with E-state index < -0.39 is 0 Å². The minimum absolute atomic E-state index is 0.0404. The summed E-state index contributed by atoms with van der Waals surface area (Å²) in [7, 11) is 3.22. The smallest absolute Gasteiger partial charge is 0.222 e. The standard InChI is InChI=1S/C15H24N2O3/c1-11-4-5-12(8-14(11)20-3)6-7-17-15(18)9-13(10-16)19-2/h4-5,8,13H,6-7,9-10,16H2,1-3H3,(H,17,18). The van der Waals surface area contributed by atoms with Gasteiger partial charge in [-0.15, -0.1) is 0 Å². The van der Waals surface area contributed by atoms with Crippen LogP contribution in [0.25, 0.3) is 0 Å². The van der Waals surface area contributed by atoms with Crippen molar-refractivity contribution in [3.8, 4) is 5.75 Å². The van der Waals surface area contributed by atoms with E-state index in [0.717, 1.165) is 23.3 Å². The van der Waals surface area contributed by atoms with Crippen LogP contribution < -0.4 is 15.8 Å². The molecule has 0 fully saturated rings. The lowest BCUT2D eigenvalue weighted by molar-refractivity contribution is -0.123. The first kappa shape index (κ1) is 16.5. The minimum atomic E-state index is -0.213. The van der Waals surface area contributed by atoms with Gasteiger partial charge in [-0.05, 0) is 30.5 Å². The van der Waals surface area contributed by atoms with Crippen molar-refractivity contribution < 1.29 is 14.3 Å². The van der Waals surface area contributed by atoms with Crippen molar-refractivity contribution in [2.75, 3.05) is 27.3 Å². The fraction of sp³-hybridized carbons (Fsp3) is 0.533. The largest absolute Gasteiger partial charge is 0.496 e. The second-order valence-electron chi connectivity index (χ2n) is 4.70. The van der Waals surface area contributed by atoms with E-state index in [0.29, 0.717) is 19.5 Å². The Morgan fingerprint density at radius 2 is 2.15 bits per heavy atom. The fourth-order valence-corrected chi connectivity index (χ4v) is 1.91. The highest BCUT2D eigenvalue weighted by atomic mass is 16.5. The molecule has 5 nitrogen and oxygen atoms in total. The lowest BCUT2D eigenvalue weighted by Gasteiger charge is -2.13. The third-order valence-electron chi connectivity index (χ3n) is 3.22. The van der Waals surface area contributed by atoms with Gasteiger partial charge in [-0.3, -0.25) is 4.79 Å². The molecule has 0 heterocycles. The van der Waals surface area contributed by atoms with Gasteiger partial charge in [0.1, 0.15) is 5.75 Å². The molecular formula is C15H24N2O3. The molecule has 1 rings (SSSR count). The van der Waals surface area contributed by atoms with Gasteiger partial charge in [0, 0.05) is 20.2 Å². The molecule has 0 radical (unpaired) electrons. The molecule has 1 aromatic rings. The van der Waals surface area contributed by atoms with Crippen LogP contribution in [0.5, 0.6) is 5.75 Å². The lowest BCUT2D eigenvalue weighted by atomic mass is 10.1. The van der Waals surface area contributed by atoms with Crippen LogP contribution >= 0.6 is 0 Å². The van der Waals surface area contributed by atoms with Gasteiger partial charge in [-0.25, -0.2) is 0 Å². The Kier molecular flexibility index (Phi) is 7.04. The van der Waals surface area contributed by atoms with Crippen molar-refractivity contribution in [3.05, 3.63) is 29.3 Å². The Morgan fingerprint density at radius 3 is 2.75 bits per heavy atom. The van der Waals surface area contributed by atoms with Gasteiger partial charge in [-0.1, -0.05) is 12.1 Å². The van der Waals surface area contributed by atoms with Crippen LogP contribution in [0, 0.1) is 6.92 Å². The predicted octanol–water partition coefficient (Wildman–Crippen LogP) is 1.03. The van der Waals surface area contributed by atoms with Gasteiger partial charge in [0.05, 0.1) is 19.6 Å². The first-order chi connectivity index (χ1) is 9.60. The zero-order valence-corrected chi connectivity index (χ0v) is 12.4. The third kappa shape index (κ3) is 5.19. The zero-order chi connectivity index (χ0) is 15.0. The molecule has 112 valence electrons. The summed E-state index contributed by atoms with van der Waals surface area (Å²) in [4.78, 5) is 11.7. The van der Waals surface area contributed by atoms with Crippen molar-refractivity contribution in [1.29, 1.82) is 0 Å². The number of hydrogen-bond acceptors (Lipinski definition) is 4. The molecule has 1 unspecified atom stereocenters. The number of benzene rings is 1. The zero-order valence-electron chi connectivity index (χ0n) is 12.4. The highest BCUT2D eigenvalue weighted by Crippen LogP contribution is 2.18. The normalized spacial score (nSPS) is 12.0. The molecule has 0 aromatic heterocycles. The van der Waals surface area contributed by atoms with Crippen LogP contribution in [-0.2, 0) is 16.0 Å². The number of methoxy groups -OCH3 is 2. The monoisotopic (exact) mass is 280 g/mol. The number of hydrogen-bond donors (Lipinski definition) is 2. The Bertz CT molecular complexity index is 431. The van der Waals surface area contributed by atoms with Crippen molar-refractivity contribution in [2.24, 2.45) is 5.73 Å². The molecule has 0 aliphatic carbocycles. The molecule has 0 aliphatic heterocycles. The highest BCUT2D eigenvalue weighted by Gasteiger charge is 2.10. The SMILES string of the molecule is COc1cc(CCNC(=O)CC(CN)OC)ccc1C. The van der Waals surface area contributed by atoms with E-state index in [2.05, 4.69) is 5.32 Å². The number of rotatable bonds is 8. The van der Waals surface area contributed by atoms with E-state index in [-0.39, 0.29) is 12.0 Å². The summed E-state index contributed by atoms with van der Waals surface area (Å²) in [5.74, 6) is 0.831. The molecular weight excluding hydrogens is 256 g/mol. The van der Waals surface area contributed by atoms with Crippen molar-refractivity contribution >= 4 is 5.91 Å². The molecule has 1 atom stereocenters. The second-order valence-corrected chi connectivity index (χ2v) is 4.70. The summed E-state index contributed by atoms with van der Waals surface area (Å²) in [6.45, 7) is 2.94. The summed E-state index contributed by atoms with van der Waals surface area (Å²) >= 11 is 0. The Morgan fingerprint density at radius 1 is 1.40 bits per heavy atom. The van der Waals surface area contributed by atoms with Crippen LogP contribution in [0.2, 0.25) is 0 Å². The number of nitrogens with two attached hydrogens (primary N) is 1. The second kappa shape index (κ2) is 8.55. The van der Waals surface area contributed by atoms with Gasteiger partial charge in [-0.2, -0.15) is 0 Å². The molecule has 5 heteroatoms. The summed E-state index contributed by atoms with van der Waals surface area (Å²) in [5, 5.41) is 2.87. The number of carbonyl (C=O) groups is 1. The van der Waals surface area contributed by atoms with Gasteiger partial charge >= 0.3 is 0 Å². The third-order valence-corrected chi connectivity index (χ3v) is 3.22. The first-order valence-corrected chi connectivity index (χ1v) is 6.73. The number of carbonyl (C=O) groups excluding carboxylic acids is 1. The summed E-state index contributed by atoms with van der Waals surface area (Å²) in [5.41, 5.74) is 7.72. The van der Waals surface area contributed by atoms with E-state index >= 15 is 0 Å². The van der Waals surface area contributed by atoms with E-state index in [1.807, 2.05) is 25.1 Å². The fourth-order valence-electron chi connectivity index (χ4n) is 1.91. The molecule has 0 bridgehead atoms. The van der Waals surface area contributed by atoms with Crippen LogP contribution in [0.4, 0.5) is 0 Å². The van der Waals surface area contributed by atoms with E-state index in [1.54, 1.807) is 14.2 Å². The van der Waals surface area contributed by atoms with Crippen molar-refractivity contribution in [1.82, 2.24) is 5.32 Å². The molecule has 0 spiro atoms. The van der Waals surface area contributed by atoms with Crippen LogP contribution in [0.15, 0.2) is 18.2 Å². The van der Waals surface area contributed by atoms with E-state index in [9.17, 15) is 4.79 Å². The van der Waals surface area contributed by atoms with Crippen molar-refractivity contribution in [3.63, 3.8) is 0 Å². The van der Waals surface area contributed by atoms with Gasteiger partial charge < -0.3 is 20.5 Å². The molecule has 3 N–H and O–H groups in total. The average molecular weight is 280 g/mol. The molecule has 0 aliphatic rings.